The van der Waals surface area contributed by atoms with Gasteiger partial charge in [-0.1, -0.05) is 97.1 Å². The number of anilines is 2. The average Bonchev–Trinajstić information content (AvgIpc) is 3.37. The van der Waals surface area contributed by atoms with Gasteiger partial charge in [-0.2, -0.15) is 0 Å². The van der Waals surface area contributed by atoms with Crippen LogP contribution < -0.4 is 4.90 Å². The molecular weight excluding hydrogens is 496 g/mol. The first kappa shape index (κ1) is 23.5. The number of nitrogens with zero attached hydrogens (tertiary/aromatic N) is 2. The summed E-state index contributed by atoms with van der Waals surface area (Å²) in [5, 5.41) is 7.56. The predicted octanol–water partition coefficient (Wildman–Crippen LogP) is 10.5. The number of fused-ring (bicyclic) bond motifs is 5. The van der Waals surface area contributed by atoms with Crippen LogP contribution in [0.4, 0.5) is 11.4 Å². The van der Waals surface area contributed by atoms with E-state index in [0.29, 0.717) is 0 Å². The lowest BCUT2D eigenvalue weighted by atomic mass is 9.98. The molecule has 2 nitrogen and oxygen atoms in total. The Hall–Kier alpha value is -5.34. The van der Waals surface area contributed by atoms with E-state index >= 15 is 0 Å². The Morgan fingerprint density at radius 2 is 1.10 bits per heavy atom. The quantitative estimate of drug-likeness (QED) is 0.222. The van der Waals surface area contributed by atoms with Crippen LogP contribution in [0.15, 0.2) is 152 Å². The van der Waals surface area contributed by atoms with E-state index in [9.17, 15) is 0 Å². The summed E-state index contributed by atoms with van der Waals surface area (Å²) in [6.07, 6.45) is 0. The van der Waals surface area contributed by atoms with Gasteiger partial charge in [0.05, 0.1) is 11.0 Å². The lowest BCUT2D eigenvalue weighted by molar-refractivity contribution is 1.19. The molecule has 0 radical (unpaired) electrons. The third kappa shape index (κ3) is 3.88. The van der Waals surface area contributed by atoms with E-state index in [2.05, 4.69) is 168 Å². The van der Waals surface area contributed by atoms with Crippen LogP contribution in [0.3, 0.4) is 0 Å². The summed E-state index contributed by atoms with van der Waals surface area (Å²) in [7, 11) is 2.12. The topological polar surface area (TPSA) is 8.17 Å². The van der Waals surface area contributed by atoms with Crippen LogP contribution in [-0.2, 0) is 0 Å². The second kappa shape index (κ2) is 9.39. The molecule has 1 aromatic heterocycles. The number of aromatic nitrogens is 1. The van der Waals surface area contributed by atoms with E-state index in [1.54, 1.807) is 0 Å². The summed E-state index contributed by atoms with van der Waals surface area (Å²) in [6, 6.07) is 54.9. The van der Waals surface area contributed by atoms with Gasteiger partial charge in [0.2, 0.25) is 0 Å². The molecule has 0 aliphatic heterocycles. The molecule has 0 aliphatic rings. The highest BCUT2D eigenvalue weighted by Crippen LogP contribution is 2.41. The minimum absolute atomic E-state index is 1.16. The average molecular weight is 525 g/mol. The van der Waals surface area contributed by atoms with Crippen LogP contribution in [-0.4, -0.2) is 11.6 Å². The molecule has 0 spiro atoms. The van der Waals surface area contributed by atoms with Gasteiger partial charge >= 0.3 is 0 Å². The summed E-state index contributed by atoms with van der Waals surface area (Å²) < 4.78 is 2.44. The van der Waals surface area contributed by atoms with Gasteiger partial charge in [-0.25, -0.2) is 0 Å². The Labute approximate surface area is 239 Å². The Kier molecular flexibility index (Phi) is 5.39. The molecule has 0 saturated heterocycles. The van der Waals surface area contributed by atoms with Crippen molar-refractivity contribution in [2.45, 2.75) is 0 Å². The second-order valence-electron chi connectivity index (χ2n) is 10.7. The first-order chi connectivity index (χ1) is 20.2. The van der Waals surface area contributed by atoms with Gasteiger partial charge in [-0.15, -0.1) is 0 Å². The zero-order valence-electron chi connectivity index (χ0n) is 22.8. The van der Waals surface area contributed by atoms with Crippen LogP contribution in [0.2, 0.25) is 0 Å². The highest BCUT2D eigenvalue weighted by Gasteiger charge is 2.17. The minimum atomic E-state index is 1.16. The molecule has 0 amide bonds. The molecule has 194 valence electrons. The highest BCUT2D eigenvalue weighted by molar-refractivity contribution is 6.18. The van der Waals surface area contributed by atoms with Crippen molar-refractivity contribution < 1.29 is 0 Å². The van der Waals surface area contributed by atoms with Crippen LogP contribution >= 0.6 is 0 Å². The van der Waals surface area contributed by atoms with Gasteiger partial charge in [-0.05, 0) is 87.3 Å². The Morgan fingerprint density at radius 1 is 0.463 bits per heavy atom. The molecule has 8 rings (SSSR count). The normalized spacial score (nSPS) is 11.5. The van der Waals surface area contributed by atoms with Gasteiger partial charge in [0.25, 0.3) is 0 Å². The van der Waals surface area contributed by atoms with Crippen molar-refractivity contribution in [3.8, 4) is 16.8 Å². The Bertz CT molecular complexity index is 2210. The van der Waals surface area contributed by atoms with E-state index in [4.69, 9.17) is 0 Å². The van der Waals surface area contributed by atoms with Crippen LogP contribution in [0.25, 0.3) is 60.2 Å². The molecule has 41 heavy (non-hydrogen) atoms. The third-order valence-electron chi connectivity index (χ3n) is 8.36. The number of rotatable bonds is 4. The van der Waals surface area contributed by atoms with Gasteiger partial charge in [0.15, 0.2) is 0 Å². The fraction of sp³-hybridized carbons (Fsp3) is 0.0256. The fourth-order valence-corrected chi connectivity index (χ4v) is 6.25. The third-order valence-corrected chi connectivity index (χ3v) is 8.36. The van der Waals surface area contributed by atoms with Crippen molar-refractivity contribution in [2.75, 3.05) is 11.9 Å². The molecule has 0 N–H and O–H groups in total. The summed E-state index contributed by atoms with van der Waals surface area (Å²) in [6.45, 7) is 0. The van der Waals surface area contributed by atoms with E-state index in [1.165, 1.54) is 65.9 Å². The van der Waals surface area contributed by atoms with E-state index in [1.807, 2.05) is 0 Å². The molecule has 0 bridgehead atoms. The van der Waals surface area contributed by atoms with E-state index in [-0.39, 0.29) is 0 Å². The molecule has 0 saturated carbocycles. The second-order valence-corrected chi connectivity index (χ2v) is 10.7. The van der Waals surface area contributed by atoms with Crippen molar-refractivity contribution >= 4 is 54.7 Å². The zero-order chi connectivity index (χ0) is 27.3. The van der Waals surface area contributed by atoms with Crippen molar-refractivity contribution in [3.05, 3.63) is 152 Å². The summed E-state index contributed by atoms with van der Waals surface area (Å²) in [4.78, 5) is 2.22. The SMILES string of the molecule is CN(c1ccccc1)c1ccc(-c2cccc3c2c2cc4ccccc4cc2n3-c2ccc3ccccc3c2)cc1. The Morgan fingerprint density at radius 3 is 1.85 bits per heavy atom. The maximum atomic E-state index is 2.44. The highest BCUT2D eigenvalue weighted by atomic mass is 15.1. The molecule has 0 unspecified atom stereocenters. The molecule has 7 aromatic carbocycles. The largest absolute Gasteiger partial charge is 0.345 e. The predicted molar refractivity (Wildman–Crippen MR) is 176 cm³/mol. The number of para-hydroxylation sites is 1. The standard InChI is InChI=1S/C39H28N2/c1-40(32-14-3-2-4-15-32)33-21-19-28(20-22-33)35-16-9-17-37-39(35)36-25-30-12-7-8-13-31(30)26-38(36)41(37)34-23-18-27-10-5-6-11-29(27)24-34/h2-26H,1H3. The molecule has 2 heteroatoms. The zero-order valence-corrected chi connectivity index (χ0v) is 22.8. The van der Waals surface area contributed by atoms with Gasteiger partial charge in [-0.3, -0.25) is 0 Å². The van der Waals surface area contributed by atoms with E-state index in [0.717, 1.165) is 5.69 Å². The van der Waals surface area contributed by atoms with Crippen LogP contribution in [0.1, 0.15) is 0 Å². The van der Waals surface area contributed by atoms with Gasteiger partial charge < -0.3 is 9.47 Å². The molecule has 0 aliphatic carbocycles. The minimum Gasteiger partial charge on any atom is -0.345 e. The lowest BCUT2D eigenvalue weighted by Gasteiger charge is -2.19. The number of hydrogen-bond acceptors (Lipinski definition) is 1. The number of hydrogen-bond donors (Lipinski definition) is 0. The molecule has 8 aromatic rings. The maximum absolute atomic E-state index is 2.44. The summed E-state index contributed by atoms with van der Waals surface area (Å²) in [5.41, 5.74) is 8.42. The van der Waals surface area contributed by atoms with Crippen LogP contribution in [0.5, 0.6) is 0 Å². The monoisotopic (exact) mass is 524 g/mol. The fourth-order valence-electron chi connectivity index (χ4n) is 6.25. The Balaban J connectivity index is 1.36. The van der Waals surface area contributed by atoms with E-state index < -0.39 is 0 Å². The lowest BCUT2D eigenvalue weighted by Crippen LogP contribution is -2.08. The summed E-state index contributed by atoms with van der Waals surface area (Å²) >= 11 is 0. The van der Waals surface area contributed by atoms with Crippen LogP contribution in [0, 0.1) is 0 Å². The van der Waals surface area contributed by atoms with Gasteiger partial charge in [0.1, 0.15) is 0 Å². The molecule has 0 atom stereocenters. The number of benzene rings is 7. The maximum Gasteiger partial charge on any atom is 0.0547 e. The molecule has 0 fully saturated rings. The van der Waals surface area contributed by atoms with Crippen molar-refractivity contribution in [3.63, 3.8) is 0 Å². The smallest absolute Gasteiger partial charge is 0.0547 e. The summed E-state index contributed by atoms with van der Waals surface area (Å²) in [5.74, 6) is 0. The molecular formula is C39H28N2. The van der Waals surface area contributed by atoms with Crippen molar-refractivity contribution in [2.24, 2.45) is 0 Å². The van der Waals surface area contributed by atoms with Crippen molar-refractivity contribution in [1.29, 1.82) is 0 Å². The first-order valence-corrected chi connectivity index (χ1v) is 14.1. The molecule has 1 heterocycles. The first-order valence-electron chi connectivity index (χ1n) is 14.1. The van der Waals surface area contributed by atoms with Gasteiger partial charge in [0, 0.05) is 34.9 Å². The van der Waals surface area contributed by atoms with Crippen molar-refractivity contribution in [1.82, 2.24) is 4.57 Å².